The van der Waals surface area contributed by atoms with Gasteiger partial charge in [-0.3, -0.25) is 9.59 Å². The Kier molecular flexibility index (Phi) is 4.82. The number of aromatic nitrogens is 2. The van der Waals surface area contributed by atoms with Crippen LogP contribution in [0.2, 0.25) is 0 Å². The van der Waals surface area contributed by atoms with E-state index in [4.69, 9.17) is 5.11 Å². The van der Waals surface area contributed by atoms with Crippen molar-refractivity contribution in [2.45, 2.75) is 37.4 Å². The quantitative estimate of drug-likeness (QED) is 0.679. The standard InChI is InChI=1S/C19H18N2O3S2/c22-15(23)11-25-19-20-16-17(24)13-8-4-5-9-14(13)26-18(16)21(19)10-12-6-2-1-3-7-12/h1-3,6-7H,4-5,8-11H2,(H,22,23). The maximum atomic E-state index is 12.9. The molecule has 0 fully saturated rings. The molecule has 5 nitrogen and oxygen atoms in total. The third kappa shape index (κ3) is 3.29. The van der Waals surface area contributed by atoms with E-state index in [1.807, 2.05) is 34.9 Å². The van der Waals surface area contributed by atoms with Gasteiger partial charge in [0.1, 0.15) is 10.3 Å². The highest BCUT2D eigenvalue weighted by Gasteiger charge is 2.22. The van der Waals surface area contributed by atoms with Crippen molar-refractivity contribution in [3.8, 4) is 0 Å². The van der Waals surface area contributed by atoms with E-state index in [1.54, 1.807) is 11.3 Å². The molecule has 3 aromatic rings. The first-order valence-electron chi connectivity index (χ1n) is 8.57. The van der Waals surface area contributed by atoms with E-state index in [2.05, 4.69) is 4.98 Å². The molecular weight excluding hydrogens is 368 g/mol. The lowest BCUT2D eigenvalue weighted by Crippen LogP contribution is -2.15. The number of hydrogen-bond acceptors (Lipinski definition) is 5. The number of rotatable bonds is 5. The maximum absolute atomic E-state index is 12.9. The topological polar surface area (TPSA) is 72.2 Å². The number of thioether (sulfide) groups is 1. The monoisotopic (exact) mass is 386 g/mol. The zero-order valence-electron chi connectivity index (χ0n) is 14.1. The number of hydrogen-bond donors (Lipinski definition) is 1. The number of carboxylic acids is 1. The van der Waals surface area contributed by atoms with E-state index >= 15 is 0 Å². The summed E-state index contributed by atoms with van der Waals surface area (Å²) in [5.41, 5.74) is 2.52. The van der Waals surface area contributed by atoms with Gasteiger partial charge in [-0.05, 0) is 31.2 Å². The average Bonchev–Trinajstić information content (AvgIpc) is 2.99. The van der Waals surface area contributed by atoms with Crippen molar-refractivity contribution in [3.05, 3.63) is 56.6 Å². The lowest BCUT2D eigenvalue weighted by molar-refractivity contribution is -0.133. The smallest absolute Gasteiger partial charge is 0.313 e. The molecule has 1 aromatic carbocycles. The van der Waals surface area contributed by atoms with E-state index in [9.17, 15) is 9.59 Å². The number of carboxylic acid groups (broad SMARTS) is 1. The van der Waals surface area contributed by atoms with Crippen molar-refractivity contribution in [2.24, 2.45) is 0 Å². The predicted molar refractivity (Wildman–Crippen MR) is 104 cm³/mol. The Morgan fingerprint density at radius 1 is 1.23 bits per heavy atom. The second-order valence-corrected chi connectivity index (χ2v) is 8.37. The van der Waals surface area contributed by atoms with Gasteiger partial charge in [0.15, 0.2) is 5.16 Å². The molecule has 0 saturated carbocycles. The van der Waals surface area contributed by atoms with E-state index in [0.29, 0.717) is 17.2 Å². The molecule has 134 valence electrons. The van der Waals surface area contributed by atoms with Crippen molar-refractivity contribution in [3.63, 3.8) is 0 Å². The second kappa shape index (κ2) is 7.25. The number of nitrogens with zero attached hydrogens (tertiary/aromatic N) is 2. The number of benzene rings is 1. The maximum Gasteiger partial charge on any atom is 0.313 e. The summed E-state index contributed by atoms with van der Waals surface area (Å²) < 4.78 is 2.00. The molecule has 7 heteroatoms. The van der Waals surface area contributed by atoms with E-state index < -0.39 is 5.97 Å². The SMILES string of the molecule is O=C(O)CSc1nc2c(=O)c3c(sc2n1Cc1ccccc1)CCCC3. The molecule has 0 aliphatic heterocycles. The minimum Gasteiger partial charge on any atom is -0.481 e. The fourth-order valence-corrected chi connectivity index (χ4v) is 5.37. The molecule has 0 bridgehead atoms. The molecule has 2 heterocycles. The van der Waals surface area contributed by atoms with Gasteiger partial charge in [0.25, 0.3) is 0 Å². The normalized spacial score (nSPS) is 13.7. The van der Waals surface area contributed by atoms with Crippen LogP contribution in [-0.2, 0) is 24.2 Å². The summed E-state index contributed by atoms with van der Waals surface area (Å²) in [5.74, 6) is -0.963. The van der Waals surface area contributed by atoms with Crippen LogP contribution < -0.4 is 5.43 Å². The molecule has 2 aromatic heterocycles. The number of aryl methyl sites for hydroxylation is 1. The number of carbonyl (C=O) groups is 1. The van der Waals surface area contributed by atoms with Crippen LogP contribution in [0.5, 0.6) is 0 Å². The summed E-state index contributed by atoms with van der Waals surface area (Å²) in [7, 11) is 0. The van der Waals surface area contributed by atoms with Crippen molar-refractivity contribution < 1.29 is 9.90 Å². The van der Waals surface area contributed by atoms with Crippen LogP contribution in [0.1, 0.15) is 28.8 Å². The molecule has 0 radical (unpaired) electrons. The molecule has 1 N–H and O–H groups in total. The molecular formula is C19H18N2O3S2. The molecule has 0 atom stereocenters. The third-order valence-corrected chi connectivity index (χ3v) is 6.79. The molecule has 1 aliphatic carbocycles. The fourth-order valence-electron chi connectivity index (χ4n) is 3.30. The summed E-state index contributed by atoms with van der Waals surface area (Å²) in [4.78, 5) is 30.5. The molecule has 0 saturated heterocycles. The van der Waals surface area contributed by atoms with Gasteiger partial charge in [-0.1, -0.05) is 42.1 Å². The lowest BCUT2D eigenvalue weighted by atomic mass is 9.98. The van der Waals surface area contributed by atoms with Crippen molar-refractivity contribution >= 4 is 39.4 Å². The highest BCUT2D eigenvalue weighted by molar-refractivity contribution is 7.99. The minimum absolute atomic E-state index is 0.0254. The predicted octanol–water partition coefficient (Wildman–Crippen LogP) is 3.56. The van der Waals surface area contributed by atoms with Crippen LogP contribution in [0.25, 0.3) is 10.3 Å². The summed E-state index contributed by atoms with van der Waals surface area (Å²) in [6, 6.07) is 9.97. The Morgan fingerprint density at radius 3 is 2.77 bits per heavy atom. The van der Waals surface area contributed by atoms with Crippen LogP contribution >= 0.6 is 23.1 Å². The largest absolute Gasteiger partial charge is 0.481 e. The first-order chi connectivity index (χ1) is 12.6. The van der Waals surface area contributed by atoms with Crippen LogP contribution in [-0.4, -0.2) is 26.4 Å². The summed E-state index contributed by atoms with van der Waals surface area (Å²) in [6.45, 7) is 0.577. The van der Waals surface area contributed by atoms with Gasteiger partial charge in [0.2, 0.25) is 5.43 Å². The molecule has 1 aliphatic rings. The zero-order chi connectivity index (χ0) is 18.1. The summed E-state index contributed by atoms with van der Waals surface area (Å²) in [6.07, 6.45) is 3.93. The van der Waals surface area contributed by atoms with Gasteiger partial charge < -0.3 is 9.67 Å². The number of fused-ring (bicyclic) bond motifs is 2. The highest BCUT2D eigenvalue weighted by atomic mass is 32.2. The lowest BCUT2D eigenvalue weighted by Gasteiger charge is -2.14. The van der Waals surface area contributed by atoms with Crippen LogP contribution in [0.3, 0.4) is 0 Å². The molecule has 26 heavy (non-hydrogen) atoms. The third-order valence-electron chi connectivity index (χ3n) is 4.52. The Labute approximate surface area is 158 Å². The summed E-state index contributed by atoms with van der Waals surface area (Å²) in [5, 5.41) is 9.64. The van der Waals surface area contributed by atoms with Gasteiger partial charge in [0.05, 0.1) is 12.3 Å². The van der Waals surface area contributed by atoms with Gasteiger partial charge in [-0.25, -0.2) is 4.98 Å². The number of aliphatic carboxylic acids is 1. The minimum atomic E-state index is -0.890. The molecule has 0 unspecified atom stereocenters. The fraction of sp³-hybridized carbons (Fsp3) is 0.316. The van der Waals surface area contributed by atoms with Crippen molar-refractivity contribution in [2.75, 3.05) is 5.75 Å². The van der Waals surface area contributed by atoms with Crippen LogP contribution in [0.15, 0.2) is 40.3 Å². The highest BCUT2D eigenvalue weighted by Crippen LogP contribution is 2.31. The first kappa shape index (κ1) is 17.3. The Balaban J connectivity index is 1.87. The van der Waals surface area contributed by atoms with Crippen LogP contribution in [0, 0.1) is 0 Å². The van der Waals surface area contributed by atoms with Gasteiger partial charge >= 0.3 is 5.97 Å². The Hall–Kier alpha value is -2.12. The Morgan fingerprint density at radius 2 is 2.00 bits per heavy atom. The van der Waals surface area contributed by atoms with Crippen molar-refractivity contribution in [1.29, 1.82) is 0 Å². The van der Waals surface area contributed by atoms with Crippen molar-refractivity contribution in [1.82, 2.24) is 9.55 Å². The molecule has 0 amide bonds. The average molecular weight is 386 g/mol. The first-order valence-corrected chi connectivity index (χ1v) is 10.4. The van der Waals surface area contributed by atoms with Crippen LogP contribution in [0.4, 0.5) is 0 Å². The second-order valence-electron chi connectivity index (χ2n) is 6.34. The van der Waals surface area contributed by atoms with Gasteiger partial charge in [-0.15, -0.1) is 11.3 Å². The van der Waals surface area contributed by atoms with Gasteiger partial charge in [-0.2, -0.15) is 0 Å². The van der Waals surface area contributed by atoms with E-state index in [1.165, 1.54) is 11.8 Å². The zero-order valence-corrected chi connectivity index (χ0v) is 15.7. The van der Waals surface area contributed by atoms with Gasteiger partial charge in [0, 0.05) is 10.4 Å². The Bertz CT molecular complexity index is 1020. The molecule has 0 spiro atoms. The molecule has 4 rings (SSSR count). The van der Waals surface area contributed by atoms with E-state index in [-0.39, 0.29) is 11.2 Å². The number of imidazole rings is 1. The van der Waals surface area contributed by atoms with E-state index in [0.717, 1.165) is 46.5 Å². The summed E-state index contributed by atoms with van der Waals surface area (Å²) >= 11 is 2.82.